The molecule has 9 heteroatoms. The summed E-state index contributed by atoms with van der Waals surface area (Å²) >= 11 is 0. The van der Waals surface area contributed by atoms with Crippen molar-refractivity contribution in [2.24, 2.45) is 5.92 Å². The fourth-order valence-electron chi connectivity index (χ4n) is 2.80. The van der Waals surface area contributed by atoms with Gasteiger partial charge in [0.05, 0.1) is 12.2 Å². The van der Waals surface area contributed by atoms with Gasteiger partial charge in [0.2, 0.25) is 0 Å². The SMILES string of the molecule is CC(C)CC1Cn2nnc(C(=O)Nc3ccc(F)cc3F)c2C(=O)N1. The van der Waals surface area contributed by atoms with Gasteiger partial charge < -0.3 is 10.6 Å². The van der Waals surface area contributed by atoms with Crippen LogP contribution >= 0.6 is 0 Å². The molecule has 0 saturated carbocycles. The zero-order valence-electron chi connectivity index (χ0n) is 13.7. The van der Waals surface area contributed by atoms with Crippen molar-refractivity contribution >= 4 is 17.5 Å². The van der Waals surface area contributed by atoms with Gasteiger partial charge in [-0.15, -0.1) is 5.10 Å². The number of fused-ring (bicyclic) bond motifs is 1. The molecular weight excluding hydrogens is 332 g/mol. The van der Waals surface area contributed by atoms with Crippen molar-refractivity contribution in [2.45, 2.75) is 32.9 Å². The summed E-state index contributed by atoms with van der Waals surface area (Å²) in [5, 5.41) is 12.7. The van der Waals surface area contributed by atoms with Gasteiger partial charge in [-0.05, 0) is 24.5 Å². The van der Waals surface area contributed by atoms with E-state index in [1.165, 1.54) is 4.68 Å². The summed E-state index contributed by atoms with van der Waals surface area (Å²) in [7, 11) is 0. The third-order valence-electron chi connectivity index (χ3n) is 3.83. The second-order valence-corrected chi connectivity index (χ2v) is 6.35. The predicted octanol–water partition coefficient (Wildman–Crippen LogP) is 1.97. The molecule has 0 radical (unpaired) electrons. The number of anilines is 1. The minimum absolute atomic E-state index is 0.0278. The Morgan fingerprint density at radius 1 is 1.44 bits per heavy atom. The Morgan fingerprint density at radius 2 is 2.20 bits per heavy atom. The van der Waals surface area contributed by atoms with Crippen LogP contribution in [0, 0.1) is 17.6 Å². The Kier molecular flexibility index (Phi) is 4.47. The number of benzene rings is 1. The molecule has 2 amide bonds. The maximum atomic E-state index is 13.7. The average molecular weight is 349 g/mol. The largest absolute Gasteiger partial charge is 0.346 e. The number of halogens is 2. The third-order valence-corrected chi connectivity index (χ3v) is 3.83. The number of carbonyl (C=O) groups is 2. The minimum Gasteiger partial charge on any atom is -0.346 e. The molecule has 1 aromatic heterocycles. The summed E-state index contributed by atoms with van der Waals surface area (Å²) in [5.41, 5.74) is -0.383. The first kappa shape index (κ1) is 17.0. The maximum Gasteiger partial charge on any atom is 0.278 e. The van der Waals surface area contributed by atoms with Gasteiger partial charge in [-0.3, -0.25) is 9.59 Å². The first-order valence-corrected chi connectivity index (χ1v) is 7.86. The molecule has 1 aliphatic rings. The average Bonchev–Trinajstić information content (AvgIpc) is 2.94. The fraction of sp³-hybridized carbons (Fsp3) is 0.375. The number of amides is 2. The lowest BCUT2D eigenvalue weighted by molar-refractivity contribution is 0.0879. The first-order valence-electron chi connectivity index (χ1n) is 7.86. The van der Waals surface area contributed by atoms with E-state index in [9.17, 15) is 18.4 Å². The molecular formula is C16H17F2N5O2. The predicted molar refractivity (Wildman–Crippen MR) is 85.0 cm³/mol. The lowest BCUT2D eigenvalue weighted by Gasteiger charge is -2.25. The lowest BCUT2D eigenvalue weighted by Crippen LogP contribution is -2.45. The Hall–Kier alpha value is -2.84. The number of hydrogen-bond donors (Lipinski definition) is 2. The zero-order valence-corrected chi connectivity index (χ0v) is 13.7. The summed E-state index contributed by atoms with van der Waals surface area (Å²) < 4.78 is 28.0. The van der Waals surface area contributed by atoms with Crippen LogP contribution in [0.3, 0.4) is 0 Å². The van der Waals surface area contributed by atoms with Gasteiger partial charge >= 0.3 is 0 Å². The molecule has 1 unspecified atom stereocenters. The Morgan fingerprint density at radius 3 is 2.88 bits per heavy atom. The highest BCUT2D eigenvalue weighted by molar-refractivity contribution is 6.10. The van der Waals surface area contributed by atoms with Crippen LogP contribution in [0.4, 0.5) is 14.5 Å². The van der Waals surface area contributed by atoms with Gasteiger partial charge in [0.25, 0.3) is 11.8 Å². The van der Waals surface area contributed by atoms with Crippen molar-refractivity contribution in [1.82, 2.24) is 20.3 Å². The standard InChI is InChI=1S/C16H17F2N5O2/c1-8(2)5-10-7-23-14(16(25)19-10)13(21-22-23)15(24)20-12-4-3-9(17)6-11(12)18/h3-4,6,8,10H,5,7H2,1-2H3,(H,19,25)(H,20,24). The van der Waals surface area contributed by atoms with Gasteiger partial charge in [-0.25, -0.2) is 13.5 Å². The molecule has 0 fully saturated rings. The number of nitrogens with zero attached hydrogens (tertiary/aromatic N) is 3. The molecule has 2 N–H and O–H groups in total. The smallest absolute Gasteiger partial charge is 0.278 e. The normalized spacial score (nSPS) is 16.5. The molecule has 0 spiro atoms. The van der Waals surface area contributed by atoms with Gasteiger partial charge in [0, 0.05) is 12.1 Å². The van der Waals surface area contributed by atoms with E-state index >= 15 is 0 Å². The topological polar surface area (TPSA) is 88.9 Å². The molecule has 2 heterocycles. The number of nitrogens with one attached hydrogen (secondary N) is 2. The van der Waals surface area contributed by atoms with Crippen LogP contribution in [0.2, 0.25) is 0 Å². The van der Waals surface area contributed by atoms with Crippen molar-refractivity contribution in [1.29, 1.82) is 0 Å². The van der Waals surface area contributed by atoms with Gasteiger partial charge in [0.1, 0.15) is 11.6 Å². The molecule has 25 heavy (non-hydrogen) atoms. The molecule has 1 aliphatic heterocycles. The van der Waals surface area contributed by atoms with Gasteiger partial charge in [-0.2, -0.15) is 0 Å². The molecule has 132 valence electrons. The Balaban J connectivity index is 1.82. The monoisotopic (exact) mass is 349 g/mol. The number of carbonyl (C=O) groups excluding carboxylic acids is 2. The summed E-state index contributed by atoms with van der Waals surface area (Å²) in [6.07, 6.45) is 0.771. The van der Waals surface area contributed by atoms with Crippen LogP contribution in [0.25, 0.3) is 0 Å². The van der Waals surface area contributed by atoms with Gasteiger partial charge in [-0.1, -0.05) is 19.1 Å². The van der Waals surface area contributed by atoms with Crippen LogP contribution in [0.1, 0.15) is 41.2 Å². The third kappa shape index (κ3) is 3.49. The molecule has 0 saturated heterocycles. The van der Waals surface area contributed by atoms with E-state index in [2.05, 4.69) is 20.9 Å². The molecule has 7 nitrogen and oxygen atoms in total. The summed E-state index contributed by atoms with van der Waals surface area (Å²) in [6.45, 7) is 4.49. The van der Waals surface area contributed by atoms with Crippen molar-refractivity contribution in [3.8, 4) is 0 Å². The van der Waals surface area contributed by atoms with E-state index < -0.39 is 23.4 Å². The first-order chi connectivity index (χ1) is 11.8. The highest BCUT2D eigenvalue weighted by Gasteiger charge is 2.32. The van der Waals surface area contributed by atoms with E-state index in [0.29, 0.717) is 18.5 Å². The van der Waals surface area contributed by atoms with Crippen molar-refractivity contribution in [3.05, 3.63) is 41.2 Å². The summed E-state index contributed by atoms with van der Waals surface area (Å²) in [6, 6.07) is 2.67. The van der Waals surface area contributed by atoms with Crippen LogP contribution in [-0.4, -0.2) is 32.9 Å². The second-order valence-electron chi connectivity index (χ2n) is 6.35. The highest BCUT2D eigenvalue weighted by Crippen LogP contribution is 2.19. The highest BCUT2D eigenvalue weighted by atomic mass is 19.1. The van der Waals surface area contributed by atoms with Gasteiger partial charge in [0.15, 0.2) is 11.4 Å². The van der Waals surface area contributed by atoms with Crippen molar-refractivity contribution < 1.29 is 18.4 Å². The maximum absolute atomic E-state index is 13.7. The summed E-state index contributed by atoms with van der Waals surface area (Å²) in [4.78, 5) is 24.6. The van der Waals surface area contributed by atoms with Crippen molar-refractivity contribution in [2.75, 3.05) is 5.32 Å². The number of aromatic nitrogens is 3. The molecule has 3 rings (SSSR count). The van der Waals surface area contributed by atoms with E-state index in [4.69, 9.17) is 0 Å². The van der Waals surface area contributed by atoms with Crippen LogP contribution < -0.4 is 10.6 Å². The number of hydrogen-bond acceptors (Lipinski definition) is 4. The van der Waals surface area contributed by atoms with Crippen LogP contribution in [-0.2, 0) is 6.54 Å². The molecule has 0 aliphatic carbocycles. The number of rotatable bonds is 4. The molecule has 2 aromatic rings. The molecule has 1 aromatic carbocycles. The minimum atomic E-state index is -0.921. The van der Waals surface area contributed by atoms with Crippen molar-refractivity contribution in [3.63, 3.8) is 0 Å². The zero-order chi connectivity index (χ0) is 18.1. The fourth-order valence-corrected chi connectivity index (χ4v) is 2.80. The van der Waals surface area contributed by atoms with Crippen LogP contribution in [0.5, 0.6) is 0 Å². The second kappa shape index (κ2) is 6.58. The lowest BCUT2D eigenvalue weighted by atomic mass is 10.0. The molecule has 0 bridgehead atoms. The molecule has 1 atom stereocenters. The van der Waals surface area contributed by atoms with E-state index in [-0.39, 0.29) is 23.1 Å². The quantitative estimate of drug-likeness (QED) is 0.883. The van der Waals surface area contributed by atoms with Crippen LogP contribution in [0.15, 0.2) is 18.2 Å². The summed E-state index contributed by atoms with van der Waals surface area (Å²) in [5.74, 6) is -2.53. The van der Waals surface area contributed by atoms with E-state index in [1.54, 1.807) is 0 Å². The Bertz CT molecular complexity index is 834. The Labute approximate surface area is 142 Å². The van der Waals surface area contributed by atoms with E-state index in [0.717, 1.165) is 18.6 Å². The van der Waals surface area contributed by atoms with E-state index in [1.807, 2.05) is 13.8 Å².